The first-order valence-corrected chi connectivity index (χ1v) is 11.6. The van der Waals surface area contributed by atoms with Gasteiger partial charge in [0.25, 0.3) is 0 Å². The van der Waals surface area contributed by atoms with E-state index in [0.717, 1.165) is 17.4 Å². The van der Waals surface area contributed by atoms with E-state index >= 15 is 0 Å². The molecule has 174 valence electrons. The van der Waals surface area contributed by atoms with E-state index in [0.29, 0.717) is 12.0 Å². The predicted molar refractivity (Wildman–Crippen MR) is 125 cm³/mol. The van der Waals surface area contributed by atoms with Gasteiger partial charge < -0.3 is 20.6 Å². The van der Waals surface area contributed by atoms with Gasteiger partial charge in [0, 0.05) is 12.1 Å². The second-order valence-electron chi connectivity index (χ2n) is 8.00. The largest absolute Gasteiger partial charge is 0.506 e. The molecule has 2 aromatic rings. The van der Waals surface area contributed by atoms with E-state index in [1.165, 1.54) is 18.2 Å². The summed E-state index contributed by atoms with van der Waals surface area (Å²) in [5.74, 6) is -1.11. The average molecular weight is 463 g/mol. The number of benzene rings is 2. The highest BCUT2D eigenvalue weighted by molar-refractivity contribution is 7.92. The molecule has 2 aromatic carbocycles. The van der Waals surface area contributed by atoms with Crippen molar-refractivity contribution in [1.82, 2.24) is 5.32 Å². The zero-order valence-corrected chi connectivity index (χ0v) is 19.2. The van der Waals surface area contributed by atoms with Crippen molar-refractivity contribution in [2.75, 3.05) is 17.5 Å². The maximum atomic E-state index is 11.4. The topological polar surface area (TPSA) is 136 Å². The molecule has 1 atom stereocenters. The number of aliphatic hydroxyl groups is 1. The summed E-state index contributed by atoms with van der Waals surface area (Å²) < 4.78 is 25.1. The van der Waals surface area contributed by atoms with Crippen molar-refractivity contribution in [1.29, 1.82) is 0 Å². The monoisotopic (exact) mass is 462 g/mol. The lowest BCUT2D eigenvalue weighted by Gasteiger charge is -2.28. The normalized spacial score (nSPS) is 12.3. The molecule has 32 heavy (non-hydrogen) atoms. The number of terminal acetylenes is 1. The van der Waals surface area contributed by atoms with E-state index in [4.69, 9.17) is 5.11 Å². The lowest BCUT2D eigenvalue weighted by atomic mass is 9.93. The number of nitrogens with one attached hydrogen (secondary N) is 2. The van der Waals surface area contributed by atoms with Crippen molar-refractivity contribution in [3.8, 4) is 18.6 Å². The quantitative estimate of drug-likeness (QED) is 0.270. The van der Waals surface area contributed by atoms with Crippen LogP contribution in [0.4, 0.5) is 5.69 Å². The van der Waals surface area contributed by atoms with Crippen LogP contribution in [-0.4, -0.2) is 48.0 Å². The highest BCUT2D eigenvalue weighted by Crippen LogP contribution is 2.28. The summed E-state index contributed by atoms with van der Waals surface area (Å²) in [6.45, 7) is 4.14. The SMILES string of the molecule is C#C.CC(C)(Cc1cccc(CC(=O)O)c1)NCC(O)c1ccc(O)c(NS(C)(=O)=O)c1. The number of hydrogen-bond acceptors (Lipinski definition) is 6. The molecule has 0 amide bonds. The number of carbonyl (C=O) groups is 1. The molecule has 0 bridgehead atoms. The van der Waals surface area contributed by atoms with Crippen molar-refractivity contribution in [2.45, 2.75) is 38.3 Å². The van der Waals surface area contributed by atoms with Crippen LogP contribution in [0.1, 0.15) is 36.6 Å². The third kappa shape index (κ3) is 9.39. The Labute approximate surface area is 189 Å². The number of sulfonamides is 1. The van der Waals surface area contributed by atoms with Gasteiger partial charge in [0.2, 0.25) is 10.0 Å². The molecule has 0 radical (unpaired) electrons. The molecule has 1 unspecified atom stereocenters. The molecule has 2 rings (SSSR count). The summed E-state index contributed by atoms with van der Waals surface area (Å²) in [6, 6.07) is 11.6. The summed E-state index contributed by atoms with van der Waals surface area (Å²) in [6.07, 6.45) is 8.63. The first-order chi connectivity index (χ1) is 14.8. The minimum Gasteiger partial charge on any atom is -0.506 e. The molecule has 0 aromatic heterocycles. The molecule has 0 saturated heterocycles. The van der Waals surface area contributed by atoms with Gasteiger partial charge in [-0.05, 0) is 49.1 Å². The predicted octanol–water partition coefficient (Wildman–Crippen LogP) is 2.28. The lowest BCUT2D eigenvalue weighted by molar-refractivity contribution is -0.136. The average Bonchev–Trinajstić information content (AvgIpc) is 2.68. The number of aromatic hydroxyl groups is 1. The van der Waals surface area contributed by atoms with Gasteiger partial charge in [0.05, 0.1) is 24.5 Å². The highest BCUT2D eigenvalue weighted by Gasteiger charge is 2.21. The third-order valence-corrected chi connectivity index (χ3v) is 5.06. The van der Waals surface area contributed by atoms with Gasteiger partial charge in [0.1, 0.15) is 5.75 Å². The summed E-state index contributed by atoms with van der Waals surface area (Å²) in [5, 5.41) is 32.6. The summed E-state index contributed by atoms with van der Waals surface area (Å²) in [5.41, 5.74) is 1.76. The van der Waals surface area contributed by atoms with E-state index in [2.05, 4.69) is 22.9 Å². The number of β-amino-alcohol motifs (C(OH)–C–C–N with tert-alkyl or cyclic N) is 1. The van der Waals surface area contributed by atoms with E-state index < -0.39 is 27.6 Å². The number of anilines is 1. The molecule has 0 spiro atoms. The van der Waals surface area contributed by atoms with Crippen LogP contribution >= 0.6 is 0 Å². The number of carboxylic acids is 1. The van der Waals surface area contributed by atoms with Gasteiger partial charge in [-0.25, -0.2) is 8.42 Å². The number of aliphatic carboxylic acids is 1. The molecule has 0 fully saturated rings. The molecule has 0 aliphatic rings. The van der Waals surface area contributed by atoms with Crippen LogP contribution in [0.25, 0.3) is 0 Å². The molecule has 8 nitrogen and oxygen atoms in total. The molecule has 9 heteroatoms. The number of phenols is 1. The van der Waals surface area contributed by atoms with Crippen LogP contribution < -0.4 is 10.0 Å². The molecule has 0 saturated carbocycles. The number of phenolic OH excluding ortho intramolecular Hbond substituents is 1. The first-order valence-electron chi connectivity index (χ1n) is 9.71. The van der Waals surface area contributed by atoms with Crippen molar-refractivity contribution >= 4 is 21.7 Å². The summed E-state index contributed by atoms with van der Waals surface area (Å²) in [7, 11) is -3.57. The Kier molecular flexibility index (Phi) is 9.72. The Hall–Kier alpha value is -3.06. The second kappa shape index (κ2) is 11.5. The maximum absolute atomic E-state index is 11.4. The second-order valence-corrected chi connectivity index (χ2v) is 9.75. The fraction of sp³-hybridized carbons (Fsp3) is 0.348. The van der Waals surface area contributed by atoms with Gasteiger partial charge in [-0.15, -0.1) is 12.8 Å². The first kappa shape index (κ1) is 27.0. The fourth-order valence-corrected chi connectivity index (χ4v) is 3.69. The maximum Gasteiger partial charge on any atom is 0.307 e. The standard InChI is InChI=1S/C21H28N2O6S.C2H2/c1-21(2,12-15-6-4-5-14(9-15)10-20(26)27)22-13-19(25)16-7-8-18(24)17(11-16)23-30(3,28)29;1-2/h4-9,11,19,22-25H,10,12-13H2,1-3H3,(H,26,27);1-2H. The molecular formula is C23H30N2O6S. The van der Waals surface area contributed by atoms with Gasteiger partial charge in [0.15, 0.2) is 0 Å². The van der Waals surface area contributed by atoms with Crippen molar-refractivity contribution in [3.05, 3.63) is 59.2 Å². The molecule has 0 heterocycles. The Bertz CT molecular complexity index is 1050. The highest BCUT2D eigenvalue weighted by atomic mass is 32.2. The molecule has 0 aliphatic carbocycles. The van der Waals surface area contributed by atoms with Crippen LogP contribution in [0.5, 0.6) is 5.75 Å². The number of hydrogen-bond donors (Lipinski definition) is 5. The molecular weight excluding hydrogens is 432 g/mol. The molecule has 0 aliphatic heterocycles. The Morgan fingerprint density at radius 2 is 1.75 bits per heavy atom. The zero-order valence-electron chi connectivity index (χ0n) is 18.4. The van der Waals surface area contributed by atoms with Crippen LogP contribution in [0.3, 0.4) is 0 Å². The van der Waals surface area contributed by atoms with Gasteiger partial charge in [-0.2, -0.15) is 0 Å². The van der Waals surface area contributed by atoms with Crippen LogP contribution in [-0.2, 0) is 27.7 Å². The zero-order chi connectivity index (χ0) is 24.5. The van der Waals surface area contributed by atoms with Crippen LogP contribution in [0.15, 0.2) is 42.5 Å². The minimum absolute atomic E-state index is 0.00329. The van der Waals surface area contributed by atoms with E-state index in [9.17, 15) is 23.4 Å². The van der Waals surface area contributed by atoms with Gasteiger partial charge in [-0.1, -0.05) is 30.3 Å². The van der Waals surface area contributed by atoms with E-state index in [1.54, 1.807) is 6.07 Å². The number of aliphatic hydroxyl groups excluding tert-OH is 1. The van der Waals surface area contributed by atoms with E-state index in [-0.39, 0.29) is 24.4 Å². The van der Waals surface area contributed by atoms with Crippen LogP contribution in [0, 0.1) is 12.8 Å². The van der Waals surface area contributed by atoms with Crippen molar-refractivity contribution < 1.29 is 28.5 Å². The van der Waals surface area contributed by atoms with Crippen LogP contribution in [0.2, 0.25) is 0 Å². The Morgan fingerprint density at radius 3 is 2.34 bits per heavy atom. The summed E-state index contributed by atoms with van der Waals surface area (Å²) >= 11 is 0. The lowest BCUT2D eigenvalue weighted by Crippen LogP contribution is -2.43. The Balaban J connectivity index is 0.00000249. The fourth-order valence-electron chi connectivity index (χ4n) is 3.13. The third-order valence-electron chi connectivity index (χ3n) is 4.47. The van der Waals surface area contributed by atoms with Crippen molar-refractivity contribution in [3.63, 3.8) is 0 Å². The van der Waals surface area contributed by atoms with Crippen molar-refractivity contribution in [2.24, 2.45) is 0 Å². The van der Waals surface area contributed by atoms with Gasteiger partial charge >= 0.3 is 5.97 Å². The van der Waals surface area contributed by atoms with Gasteiger partial charge in [-0.3, -0.25) is 9.52 Å². The Morgan fingerprint density at radius 1 is 1.12 bits per heavy atom. The minimum atomic E-state index is -3.57. The number of carboxylic acid groups (broad SMARTS) is 1. The summed E-state index contributed by atoms with van der Waals surface area (Å²) in [4.78, 5) is 10.9. The smallest absolute Gasteiger partial charge is 0.307 e. The molecule has 5 N–H and O–H groups in total. The van der Waals surface area contributed by atoms with E-state index in [1.807, 2.05) is 32.0 Å². The number of rotatable bonds is 10.